The molecule has 5 rings (SSSR count). The second kappa shape index (κ2) is 9.50. The Morgan fingerprint density at radius 1 is 1.11 bits per heavy atom. The molecule has 0 radical (unpaired) electrons. The Morgan fingerprint density at radius 2 is 1.86 bits per heavy atom. The molecule has 0 bridgehead atoms. The molecule has 0 saturated carbocycles. The summed E-state index contributed by atoms with van der Waals surface area (Å²) < 4.78 is 22.7. The second-order valence-corrected chi connectivity index (χ2v) is 9.37. The predicted molar refractivity (Wildman–Crippen MR) is 131 cm³/mol. The number of hydrogen-bond donors (Lipinski definition) is 1. The summed E-state index contributed by atoms with van der Waals surface area (Å²) >= 11 is 1.51. The fraction of sp³-hybridized carbons (Fsp3) is 0.308. The summed E-state index contributed by atoms with van der Waals surface area (Å²) in [7, 11) is 4.77. The standard InChI is InChI=1S/C26H26N2O6S/c1-28-24(22-9-6-10-35-22)23(16-11-20(31-2)21(32-3)12-17(16)26(28)30)25(29)27-13-15-14-33-18-7-4-5-8-19(18)34-15/h4-12,15,23-24H,13-14H2,1-3H3,(H,27,29)/t15-,23-,24-/m0/s1. The molecule has 2 aliphatic heterocycles. The average molecular weight is 495 g/mol. The Hall–Kier alpha value is -3.72. The van der Waals surface area contributed by atoms with Crippen molar-refractivity contribution in [3.8, 4) is 23.0 Å². The van der Waals surface area contributed by atoms with Crippen molar-refractivity contribution in [1.29, 1.82) is 0 Å². The number of nitrogens with one attached hydrogen (secondary N) is 1. The van der Waals surface area contributed by atoms with E-state index in [0.717, 1.165) is 4.88 Å². The minimum absolute atomic E-state index is 0.177. The van der Waals surface area contributed by atoms with E-state index < -0.39 is 12.0 Å². The van der Waals surface area contributed by atoms with Gasteiger partial charge in [0.1, 0.15) is 12.7 Å². The number of thiophene rings is 1. The molecule has 182 valence electrons. The summed E-state index contributed by atoms with van der Waals surface area (Å²) in [4.78, 5) is 29.6. The van der Waals surface area contributed by atoms with Crippen LogP contribution in [0.3, 0.4) is 0 Å². The summed E-state index contributed by atoms with van der Waals surface area (Å²) in [5.74, 6) is 1.21. The maximum absolute atomic E-state index is 13.7. The van der Waals surface area contributed by atoms with Crippen LogP contribution in [0.4, 0.5) is 0 Å². The molecule has 3 heterocycles. The number of ether oxygens (including phenoxy) is 4. The number of carbonyl (C=O) groups is 2. The van der Waals surface area contributed by atoms with E-state index in [2.05, 4.69) is 5.32 Å². The Kier molecular flexibility index (Phi) is 6.25. The van der Waals surface area contributed by atoms with Gasteiger partial charge in [0.2, 0.25) is 5.91 Å². The Labute approximate surface area is 207 Å². The summed E-state index contributed by atoms with van der Waals surface area (Å²) in [6, 6.07) is 14.2. The van der Waals surface area contributed by atoms with Gasteiger partial charge in [-0.15, -0.1) is 11.3 Å². The zero-order valence-electron chi connectivity index (χ0n) is 19.6. The minimum Gasteiger partial charge on any atom is -0.493 e. The topological polar surface area (TPSA) is 86.3 Å². The molecule has 0 fully saturated rings. The van der Waals surface area contributed by atoms with Crippen LogP contribution in [0.25, 0.3) is 0 Å². The number of likely N-dealkylation sites (N-methyl/N-ethyl adjacent to an activating group) is 1. The van der Waals surface area contributed by atoms with E-state index in [1.807, 2.05) is 41.8 Å². The van der Waals surface area contributed by atoms with Gasteiger partial charge in [-0.25, -0.2) is 0 Å². The molecule has 0 saturated heterocycles. The predicted octanol–water partition coefficient (Wildman–Crippen LogP) is 3.63. The van der Waals surface area contributed by atoms with Gasteiger partial charge in [-0.1, -0.05) is 18.2 Å². The van der Waals surface area contributed by atoms with Crippen LogP contribution in [0.1, 0.15) is 32.8 Å². The van der Waals surface area contributed by atoms with E-state index in [1.54, 1.807) is 24.1 Å². The normalized spacial score (nSPS) is 20.7. The molecule has 9 heteroatoms. The molecule has 35 heavy (non-hydrogen) atoms. The molecular formula is C26H26N2O6S. The van der Waals surface area contributed by atoms with Crippen LogP contribution in [0.5, 0.6) is 23.0 Å². The second-order valence-electron chi connectivity index (χ2n) is 8.39. The third-order valence-corrected chi connectivity index (χ3v) is 7.31. The molecule has 8 nitrogen and oxygen atoms in total. The lowest BCUT2D eigenvalue weighted by atomic mass is 9.81. The SMILES string of the molecule is COc1cc2c(cc1OC)[C@H](C(=O)NC[C@H]1COc3ccccc3O1)[C@H](c1cccs1)N(C)C2=O. The van der Waals surface area contributed by atoms with Crippen molar-refractivity contribution in [2.45, 2.75) is 18.1 Å². The van der Waals surface area contributed by atoms with Gasteiger partial charge in [0.15, 0.2) is 23.0 Å². The Balaban J connectivity index is 1.46. The molecule has 0 aliphatic carbocycles. The summed E-state index contributed by atoms with van der Waals surface area (Å²) in [5.41, 5.74) is 1.03. The molecule has 3 atom stereocenters. The van der Waals surface area contributed by atoms with Crippen LogP contribution >= 0.6 is 11.3 Å². The smallest absolute Gasteiger partial charge is 0.254 e. The highest BCUT2D eigenvalue weighted by Crippen LogP contribution is 2.46. The Bertz CT molecular complexity index is 1240. The number of benzene rings is 2. The quantitative estimate of drug-likeness (QED) is 0.563. The monoisotopic (exact) mass is 494 g/mol. The van der Waals surface area contributed by atoms with Crippen LogP contribution in [-0.2, 0) is 4.79 Å². The average Bonchev–Trinajstić information content (AvgIpc) is 3.42. The minimum atomic E-state index is -0.650. The van der Waals surface area contributed by atoms with Crippen molar-refractivity contribution < 1.29 is 28.5 Å². The first kappa shape index (κ1) is 23.0. The summed E-state index contributed by atoms with van der Waals surface area (Å²) in [6.45, 7) is 0.595. The summed E-state index contributed by atoms with van der Waals surface area (Å²) in [5, 5.41) is 4.98. The number of hydrogen-bond acceptors (Lipinski definition) is 7. The molecule has 1 aromatic heterocycles. The summed E-state index contributed by atoms with van der Waals surface area (Å²) in [6.07, 6.45) is -0.332. The fourth-order valence-corrected chi connectivity index (χ4v) is 5.54. The molecule has 0 unspecified atom stereocenters. The van der Waals surface area contributed by atoms with Crippen LogP contribution in [0.2, 0.25) is 0 Å². The largest absolute Gasteiger partial charge is 0.493 e. The lowest BCUT2D eigenvalue weighted by Gasteiger charge is -2.39. The fourth-order valence-electron chi connectivity index (χ4n) is 4.63. The van der Waals surface area contributed by atoms with Crippen molar-refractivity contribution >= 4 is 23.2 Å². The number of rotatable bonds is 6. The maximum Gasteiger partial charge on any atom is 0.254 e. The van der Waals surface area contributed by atoms with Gasteiger partial charge in [-0.05, 0) is 41.3 Å². The number of para-hydroxylation sites is 2. The van der Waals surface area contributed by atoms with Crippen LogP contribution in [0, 0.1) is 0 Å². The number of nitrogens with zero attached hydrogens (tertiary/aromatic N) is 1. The number of carbonyl (C=O) groups excluding carboxylic acids is 2. The van der Waals surface area contributed by atoms with Gasteiger partial charge in [0, 0.05) is 17.5 Å². The maximum atomic E-state index is 13.7. The zero-order chi connectivity index (χ0) is 24.5. The van der Waals surface area contributed by atoms with Crippen molar-refractivity contribution in [2.75, 3.05) is 34.4 Å². The highest BCUT2D eigenvalue weighted by molar-refractivity contribution is 7.10. The number of methoxy groups -OCH3 is 2. The number of amides is 2. The van der Waals surface area contributed by atoms with Crippen molar-refractivity contribution in [2.24, 2.45) is 0 Å². The zero-order valence-corrected chi connectivity index (χ0v) is 20.5. The van der Waals surface area contributed by atoms with Crippen molar-refractivity contribution in [1.82, 2.24) is 10.2 Å². The van der Waals surface area contributed by atoms with Gasteiger partial charge in [-0.3, -0.25) is 9.59 Å². The Morgan fingerprint density at radius 3 is 2.57 bits per heavy atom. The molecule has 2 aliphatic rings. The molecule has 0 spiro atoms. The van der Waals surface area contributed by atoms with Gasteiger partial charge >= 0.3 is 0 Å². The van der Waals surface area contributed by atoms with Crippen LogP contribution in [0.15, 0.2) is 53.9 Å². The lowest BCUT2D eigenvalue weighted by molar-refractivity contribution is -0.124. The van der Waals surface area contributed by atoms with E-state index in [9.17, 15) is 9.59 Å². The van der Waals surface area contributed by atoms with Gasteiger partial charge in [-0.2, -0.15) is 0 Å². The first-order chi connectivity index (χ1) is 17.0. The van der Waals surface area contributed by atoms with Gasteiger partial charge in [0.05, 0.1) is 32.7 Å². The van der Waals surface area contributed by atoms with E-state index in [0.29, 0.717) is 40.7 Å². The van der Waals surface area contributed by atoms with E-state index in [4.69, 9.17) is 18.9 Å². The molecule has 2 amide bonds. The van der Waals surface area contributed by atoms with Crippen LogP contribution < -0.4 is 24.3 Å². The first-order valence-electron chi connectivity index (χ1n) is 11.2. The molecule has 1 N–H and O–H groups in total. The van der Waals surface area contributed by atoms with E-state index in [1.165, 1.54) is 25.6 Å². The first-order valence-corrected chi connectivity index (χ1v) is 12.1. The molecule has 2 aromatic carbocycles. The highest BCUT2D eigenvalue weighted by Gasteiger charge is 2.44. The highest BCUT2D eigenvalue weighted by atomic mass is 32.1. The van der Waals surface area contributed by atoms with E-state index >= 15 is 0 Å². The third kappa shape index (κ3) is 4.16. The van der Waals surface area contributed by atoms with Crippen LogP contribution in [-0.4, -0.2) is 57.2 Å². The number of fused-ring (bicyclic) bond motifs is 2. The third-order valence-electron chi connectivity index (χ3n) is 6.36. The van der Waals surface area contributed by atoms with Gasteiger partial charge < -0.3 is 29.2 Å². The van der Waals surface area contributed by atoms with Crippen molar-refractivity contribution in [3.05, 3.63) is 69.9 Å². The molecular weight excluding hydrogens is 468 g/mol. The van der Waals surface area contributed by atoms with Crippen molar-refractivity contribution in [3.63, 3.8) is 0 Å². The lowest BCUT2D eigenvalue weighted by Crippen LogP contribution is -2.48. The molecule has 3 aromatic rings. The van der Waals surface area contributed by atoms with Gasteiger partial charge in [0.25, 0.3) is 5.91 Å². The van der Waals surface area contributed by atoms with E-state index in [-0.39, 0.29) is 24.5 Å².